The molecule has 3 heteroatoms. The molecule has 1 rings (SSSR count). The van der Waals surface area contributed by atoms with Crippen molar-refractivity contribution in [2.45, 2.75) is 6.42 Å². The highest BCUT2D eigenvalue weighted by molar-refractivity contribution is 6.42. The molecule has 0 amide bonds. The molecule has 0 saturated heterocycles. The molecule has 0 nitrogen and oxygen atoms in total. The van der Waals surface area contributed by atoms with Gasteiger partial charge >= 0.3 is 0 Å². The van der Waals surface area contributed by atoms with Gasteiger partial charge in [0.2, 0.25) is 0 Å². The first kappa shape index (κ1) is 10.9. The summed E-state index contributed by atoms with van der Waals surface area (Å²) < 4.78 is 0. The van der Waals surface area contributed by atoms with Crippen molar-refractivity contribution < 1.29 is 0 Å². The molecule has 0 fully saturated rings. The van der Waals surface area contributed by atoms with Gasteiger partial charge in [-0.25, -0.2) is 0 Å². The molecule has 13 heavy (non-hydrogen) atoms. The summed E-state index contributed by atoms with van der Waals surface area (Å²) in [5.74, 6) is 0. The Balaban J connectivity index is 2.77. The van der Waals surface area contributed by atoms with Crippen molar-refractivity contribution in [3.8, 4) is 0 Å². The van der Waals surface area contributed by atoms with Crippen molar-refractivity contribution in [1.82, 2.24) is 0 Å². The maximum Gasteiger partial charge on any atom is 0.0627 e. The Labute approximate surface area is 93.1 Å². The van der Waals surface area contributed by atoms with E-state index in [1.54, 1.807) is 6.07 Å². The Kier molecular flexibility index (Phi) is 4.11. The molecule has 0 aliphatic heterocycles. The molecule has 1 aromatic rings. The van der Waals surface area contributed by atoms with Crippen LogP contribution in [-0.4, -0.2) is 0 Å². The van der Waals surface area contributed by atoms with Gasteiger partial charge in [-0.1, -0.05) is 53.5 Å². The summed E-state index contributed by atoms with van der Waals surface area (Å²) in [4.78, 5) is 0. The molecule has 0 N–H and O–H groups in total. The van der Waals surface area contributed by atoms with Crippen LogP contribution < -0.4 is 0 Å². The van der Waals surface area contributed by atoms with Crippen LogP contribution >= 0.6 is 34.8 Å². The molecule has 0 atom stereocenters. The van der Waals surface area contributed by atoms with E-state index < -0.39 is 0 Å². The van der Waals surface area contributed by atoms with Gasteiger partial charge in [0.15, 0.2) is 0 Å². The molecule has 0 aliphatic carbocycles. The standard InChI is InChI=1S/C10H8Cl3/c1-7(11)5-6-8-3-2-4-9(12)10(8)13/h2-4,6H,1,5H2. The number of hydrogen-bond acceptors (Lipinski definition) is 0. The Hall–Kier alpha value is -0.170. The van der Waals surface area contributed by atoms with Crippen LogP contribution in [0.4, 0.5) is 0 Å². The van der Waals surface area contributed by atoms with E-state index in [9.17, 15) is 0 Å². The molecular formula is C10H8Cl3. The first-order valence-corrected chi connectivity index (χ1v) is 4.85. The second-order valence-electron chi connectivity index (χ2n) is 2.57. The second-order valence-corrected chi connectivity index (χ2v) is 3.89. The highest BCUT2D eigenvalue weighted by atomic mass is 35.5. The summed E-state index contributed by atoms with van der Waals surface area (Å²) in [6, 6.07) is 5.47. The minimum atomic E-state index is 0.551. The van der Waals surface area contributed by atoms with Gasteiger partial charge in [-0.3, -0.25) is 0 Å². The first-order valence-electron chi connectivity index (χ1n) is 3.71. The number of halogens is 3. The zero-order valence-electron chi connectivity index (χ0n) is 6.86. The number of benzene rings is 1. The molecule has 0 saturated carbocycles. The predicted molar refractivity (Wildman–Crippen MR) is 59.5 cm³/mol. The Morgan fingerprint density at radius 1 is 1.38 bits per heavy atom. The van der Waals surface area contributed by atoms with Gasteiger partial charge in [0.25, 0.3) is 0 Å². The average Bonchev–Trinajstić information content (AvgIpc) is 2.07. The summed E-state index contributed by atoms with van der Waals surface area (Å²) in [5, 5.41) is 1.69. The van der Waals surface area contributed by atoms with Crippen molar-refractivity contribution in [3.05, 3.63) is 51.8 Å². The van der Waals surface area contributed by atoms with Crippen molar-refractivity contribution >= 4 is 34.8 Å². The van der Waals surface area contributed by atoms with Crippen molar-refractivity contribution in [3.63, 3.8) is 0 Å². The fourth-order valence-electron chi connectivity index (χ4n) is 0.899. The van der Waals surface area contributed by atoms with Crippen LogP contribution in [0.1, 0.15) is 12.0 Å². The summed E-state index contributed by atoms with van der Waals surface area (Å²) >= 11 is 17.4. The van der Waals surface area contributed by atoms with Crippen molar-refractivity contribution in [2.24, 2.45) is 0 Å². The Morgan fingerprint density at radius 3 is 2.69 bits per heavy atom. The maximum absolute atomic E-state index is 5.94. The van der Waals surface area contributed by atoms with E-state index >= 15 is 0 Å². The lowest BCUT2D eigenvalue weighted by atomic mass is 10.1. The van der Waals surface area contributed by atoms with E-state index in [1.807, 2.05) is 18.6 Å². The summed E-state index contributed by atoms with van der Waals surface area (Å²) in [7, 11) is 0. The molecule has 0 bridgehead atoms. The fourth-order valence-corrected chi connectivity index (χ4v) is 1.36. The second kappa shape index (κ2) is 4.90. The maximum atomic E-state index is 5.94. The number of rotatable bonds is 3. The topological polar surface area (TPSA) is 0 Å². The highest BCUT2D eigenvalue weighted by Gasteiger charge is 2.04. The third kappa shape index (κ3) is 3.22. The van der Waals surface area contributed by atoms with E-state index in [0.717, 1.165) is 5.56 Å². The summed E-state index contributed by atoms with van der Waals surface area (Å²) in [6.07, 6.45) is 2.49. The summed E-state index contributed by atoms with van der Waals surface area (Å²) in [5.41, 5.74) is 0.885. The average molecular weight is 235 g/mol. The van der Waals surface area contributed by atoms with Gasteiger partial charge in [0.1, 0.15) is 0 Å². The van der Waals surface area contributed by atoms with Crippen molar-refractivity contribution in [1.29, 1.82) is 0 Å². The number of allylic oxidation sites excluding steroid dienone is 1. The van der Waals surface area contributed by atoms with Gasteiger partial charge in [-0.2, -0.15) is 0 Å². The molecule has 0 unspecified atom stereocenters. The quantitative estimate of drug-likeness (QED) is 0.712. The Bertz CT molecular complexity index is 318. The Morgan fingerprint density at radius 2 is 2.08 bits per heavy atom. The zero-order chi connectivity index (χ0) is 9.84. The van der Waals surface area contributed by atoms with E-state index in [1.165, 1.54) is 0 Å². The largest absolute Gasteiger partial charge is 0.0898 e. The molecule has 0 aliphatic rings. The first-order chi connectivity index (χ1) is 6.11. The van der Waals surface area contributed by atoms with Crippen LogP contribution in [0.25, 0.3) is 0 Å². The third-order valence-electron chi connectivity index (χ3n) is 1.52. The SMILES string of the molecule is C=C(Cl)C[CH]c1cccc(Cl)c1Cl. The van der Waals surface area contributed by atoms with Crippen LogP contribution in [0.15, 0.2) is 29.8 Å². The normalized spacial score (nSPS) is 10.1. The van der Waals surface area contributed by atoms with E-state index in [-0.39, 0.29) is 0 Å². The molecule has 1 aromatic carbocycles. The van der Waals surface area contributed by atoms with E-state index in [2.05, 4.69) is 6.58 Å². The van der Waals surface area contributed by atoms with Gasteiger partial charge in [0.05, 0.1) is 10.0 Å². The minimum Gasteiger partial charge on any atom is -0.0898 e. The van der Waals surface area contributed by atoms with Gasteiger partial charge in [-0.15, -0.1) is 0 Å². The minimum absolute atomic E-state index is 0.551. The van der Waals surface area contributed by atoms with Crippen LogP contribution in [0.3, 0.4) is 0 Å². The lowest BCUT2D eigenvalue weighted by Gasteiger charge is -2.03. The van der Waals surface area contributed by atoms with Gasteiger partial charge in [-0.05, 0) is 24.5 Å². The predicted octanol–water partition coefficient (Wildman–Crippen LogP) is 4.69. The van der Waals surface area contributed by atoms with E-state index in [4.69, 9.17) is 34.8 Å². The molecule has 0 heterocycles. The fraction of sp³-hybridized carbons (Fsp3) is 0.100. The summed E-state index contributed by atoms with van der Waals surface area (Å²) in [6.45, 7) is 3.58. The molecule has 0 aromatic heterocycles. The molecule has 1 radical (unpaired) electrons. The van der Waals surface area contributed by atoms with Crippen LogP contribution in [0, 0.1) is 6.42 Å². The lowest BCUT2D eigenvalue weighted by molar-refractivity contribution is 1.22. The monoisotopic (exact) mass is 233 g/mol. The zero-order valence-corrected chi connectivity index (χ0v) is 9.13. The molecule has 0 spiro atoms. The van der Waals surface area contributed by atoms with Crippen LogP contribution in [-0.2, 0) is 0 Å². The van der Waals surface area contributed by atoms with Gasteiger partial charge < -0.3 is 0 Å². The highest BCUT2D eigenvalue weighted by Crippen LogP contribution is 2.28. The lowest BCUT2D eigenvalue weighted by Crippen LogP contribution is -1.84. The molecular weight excluding hydrogens is 226 g/mol. The third-order valence-corrected chi connectivity index (χ3v) is 2.51. The van der Waals surface area contributed by atoms with Crippen LogP contribution in [0.2, 0.25) is 10.0 Å². The van der Waals surface area contributed by atoms with E-state index in [0.29, 0.717) is 21.5 Å². The van der Waals surface area contributed by atoms with Gasteiger partial charge in [0, 0.05) is 5.03 Å². The van der Waals surface area contributed by atoms with Crippen LogP contribution in [0.5, 0.6) is 0 Å². The van der Waals surface area contributed by atoms with Crippen molar-refractivity contribution in [2.75, 3.05) is 0 Å². The molecule has 69 valence electrons. The smallest absolute Gasteiger partial charge is 0.0627 e. The number of hydrogen-bond donors (Lipinski definition) is 0.